The standard InChI is InChI=1S/C15H13.C10H18Si.C5H5.Zr/c1-10-3-5-14-12(7-10)9-13-8-11(2)4-6-15(13)14;1-2-6-9(5-1)11-10-7-3-4-8-10;1-2-4-5-3-1;/h3-9H,1-2H3;9-10H,1-8H2;1-3H,4H2;/q-1;;-1;+2. The zero-order chi connectivity index (χ0) is 22.3. The van der Waals surface area contributed by atoms with Gasteiger partial charge in [-0.15, -0.1) is 46.2 Å². The average Bonchev–Trinajstić information content (AvgIpc) is 3.61. The predicted molar refractivity (Wildman–Crippen MR) is 138 cm³/mol. The molecule has 0 bridgehead atoms. The molecule has 6 rings (SSSR count). The summed E-state index contributed by atoms with van der Waals surface area (Å²) in [5, 5.41) is 5.46. The van der Waals surface area contributed by atoms with Gasteiger partial charge in [0.25, 0.3) is 0 Å². The summed E-state index contributed by atoms with van der Waals surface area (Å²) in [4.78, 5) is 0. The van der Waals surface area contributed by atoms with E-state index in [1.165, 1.54) is 43.8 Å². The summed E-state index contributed by atoms with van der Waals surface area (Å²) in [5.41, 5.74) is 5.29. The van der Waals surface area contributed by atoms with Crippen molar-refractivity contribution < 1.29 is 23.3 Å². The predicted octanol–water partition coefficient (Wildman–Crippen LogP) is 9.05. The Morgan fingerprint density at radius 2 is 1.31 bits per heavy atom. The summed E-state index contributed by atoms with van der Waals surface area (Å²) < 4.78 is 0. The van der Waals surface area contributed by atoms with Gasteiger partial charge in [-0.25, -0.2) is 12.2 Å². The second-order valence-corrected chi connectivity index (χ2v) is 16.5. The van der Waals surface area contributed by atoms with Gasteiger partial charge < -0.3 is 0 Å². The molecule has 0 spiro atoms. The van der Waals surface area contributed by atoms with Gasteiger partial charge in [0.1, 0.15) is 0 Å². The molecular formula is C30H36SiZr. The molecule has 2 fully saturated rings. The maximum absolute atomic E-state index is 2.99. The molecule has 3 aromatic rings. The van der Waals surface area contributed by atoms with Gasteiger partial charge >= 0.3 is 91.2 Å². The van der Waals surface area contributed by atoms with E-state index in [0.29, 0.717) is 0 Å². The van der Waals surface area contributed by atoms with E-state index in [9.17, 15) is 0 Å². The van der Waals surface area contributed by atoms with Crippen LogP contribution in [0.3, 0.4) is 0 Å². The SMILES string of the molecule is Cc1ccc2c(c1)[cH-]c1cc(C)ccc12.[C-]1=CC=CC1.[Zr+2]=[Si](C1CCCC1)C1CCCC1. The van der Waals surface area contributed by atoms with Crippen molar-refractivity contribution in [2.75, 3.05) is 0 Å². The third-order valence-electron chi connectivity index (χ3n) is 7.19. The second-order valence-electron chi connectivity index (χ2n) is 9.75. The summed E-state index contributed by atoms with van der Waals surface area (Å²) in [6.45, 7) is 4.28. The van der Waals surface area contributed by atoms with Gasteiger partial charge in [-0.05, 0) is 13.8 Å². The van der Waals surface area contributed by atoms with Gasteiger partial charge in [-0.3, -0.25) is 6.08 Å². The van der Waals surface area contributed by atoms with Gasteiger partial charge in [0, 0.05) is 0 Å². The molecule has 3 aromatic carbocycles. The van der Waals surface area contributed by atoms with E-state index in [1.54, 1.807) is 51.4 Å². The molecule has 3 aliphatic carbocycles. The molecule has 0 saturated heterocycles. The van der Waals surface area contributed by atoms with Gasteiger partial charge in [-0.1, -0.05) is 35.4 Å². The Labute approximate surface area is 209 Å². The molecule has 0 amide bonds. The van der Waals surface area contributed by atoms with Crippen molar-refractivity contribution in [3.05, 3.63) is 77.9 Å². The molecular weight excluding hydrogens is 480 g/mol. The summed E-state index contributed by atoms with van der Waals surface area (Å²) in [6, 6.07) is 15.6. The van der Waals surface area contributed by atoms with Gasteiger partial charge in [0.05, 0.1) is 0 Å². The van der Waals surface area contributed by atoms with Crippen LogP contribution < -0.4 is 0 Å². The summed E-state index contributed by atoms with van der Waals surface area (Å²) >= 11 is 1.94. The van der Waals surface area contributed by atoms with Crippen LogP contribution in [0.4, 0.5) is 0 Å². The molecule has 32 heavy (non-hydrogen) atoms. The zero-order valence-corrected chi connectivity index (χ0v) is 23.3. The first kappa shape index (κ1) is 24.0. The second kappa shape index (κ2) is 11.8. The Bertz CT molecular complexity index is 1020. The maximum atomic E-state index is 2.99. The Kier molecular flexibility index (Phi) is 8.90. The fraction of sp³-hybridized carbons (Fsp3) is 0.433. The van der Waals surface area contributed by atoms with Gasteiger partial charge in [0.15, 0.2) is 0 Å². The van der Waals surface area contributed by atoms with Crippen LogP contribution in [0.5, 0.6) is 0 Å². The molecule has 0 N–H and O–H groups in total. The minimum atomic E-state index is 0.145. The number of fused-ring (bicyclic) bond motifs is 3. The van der Waals surface area contributed by atoms with E-state index in [-0.39, 0.29) is 5.43 Å². The van der Waals surface area contributed by atoms with Crippen molar-refractivity contribution in [1.82, 2.24) is 0 Å². The Morgan fingerprint density at radius 3 is 1.69 bits per heavy atom. The van der Waals surface area contributed by atoms with E-state index in [2.05, 4.69) is 68.5 Å². The zero-order valence-electron chi connectivity index (χ0n) is 19.8. The molecule has 0 aromatic heterocycles. The number of allylic oxidation sites excluding steroid dienone is 4. The van der Waals surface area contributed by atoms with Crippen molar-refractivity contribution in [1.29, 1.82) is 0 Å². The van der Waals surface area contributed by atoms with E-state index >= 15 is 0 Å². The summed E-state index contributed by atoms with van der Waals surface area (Å²) in [7, 11) is 0. The van der Waals surface area contributed by atoms with Crippen molar-refractivity contribution in [2.24, 2.45) is 0 Å². The van der Waals surface area contributed by atoms with Crippen LogP contribution in [-0.4, -0.2) is 5.43 Å². The van der Waals surface area contributed by atoms with Crippen LogP contribution in [0.1, 0.15) is 68.9 Å². The topological polar surface area (TPSA) is 0 Å². The normalized spacial score (nSPS) is 18.1. The fourth-order valence-electron chi connectivity index (χ4n) is 5.41. The Morgan fingerprint density at radius 1 is 0.812 bits per heavy atom. The monoisotopic (exact) mass is 514 g/mol. The molecule has 164 valence electrons. The number of hydrogen-bond donors (Lipinski definition) is 0. The van der Waals surface area contributed by atoms with Crippen molar-refractivity contribution in [3.63, 3.8) is 0 Å². The average molecular weight is 516 g/mol. The van der Waals surface area contributed by atoms with Crippen LogP contribution in [0.2, 0.25) is 11.1 Å². The molecule has 3 aliphatic rings. The Balaban J connectivity index is 0.000000128. The minimum absolute atomic E-state index is 0.145. The molecule has 0 heterocycles. The van der Waals surface area contributed by atoms with E-state index in [0.717, 1.165) is 6.42 Å². The molecule has 0 atom stereocenters. The first-order valence-corrected chi connectivity index (χ1v) is 17.8. The molecule has 0 aliphatic heterocycles. The summed E-state index contributed by atoms with van der Waals surface area (Å²) in [5.74, 6) is 0. The third kappa shape index (κ3) is 6.27. The van der Waals surface area contributed by atoms with Gasteiger partial charge in [0.2, 0.25) is 0 Å². The molecule has 0 radical (unpaired) electrons. The number of aryl methyl sites for hydroxylation is 2. The first-order chi connectivity index (χ1) is 15.6. The molecule has 2 heteroatoms. The molecule has 2 saturated carbocycles. The molecule has 0 unspecified atom stereocenters. The quantitative estimate of drug-likeness (QED) is 0.236. The fourth-order valence-corrected chi connectivity index (χ4v) is 12.4. The van der Waals surface area contributed by atoms with Crippen LogP contribution in [0, 0.1) is 19.9 Å². The van der Waals surface area contributed by atoms with Crippen molar-refractivity contribution in [3.8, 4) is 0 Å². The van der Waals surface area contributed by atoms with E-state index < -0.39 is 0 Å². The van der Waals surface area contributed by atoms with E-state index in [1.807, 2.05) is 35.5 Å². The van der Waals surface area contributed by atoms with Crippen LogP contribution >= 0.6 is 0 Å². The Hall–Kier alpha value is -1.11. The van der Waals surface area contributed by atoms with Crippen LogP contribution in [0.25, 0.3) is 21.5 Å². The third-order valence-corrected chi connectivity index (χ3v) is 16.1. The number of hydrogen-bond acceptors (Lipinski definition) is 0. The summed E-state index contributed by atoms with van der Waals surface area (Å²) in [6.07, 6.45) is 22.7. The first-order valence-electron chi connectivity index (χ1n) is 12.5. The molecule has 0 nitrogen and oxygen atoms in total. The van der Waals surface area contributed by atoms with Crippen molar-refractivity contribution in [2.45, 2.75) is 82.7 Å². The van der Waals surface area contributed by atoms with Crippen LogP contribution in [0.15, 0.2) is 60.7 Å². The number of rotatable bonds is 2. The van der Waals surface area contributed by atoms with Crippen molar-refractivity contribution >= 4 is 27.0 Å². The number of benzene rings is 2. The van der Waals surface area contributed by atoms with Gasteiger partial charge in [-0.2, -0.15) is 6.08 Å². The van der Waals surface area contributed by atoms with Crippen LogP contribution in [-0.2, 0) is 23.3 Å². The van der Waals surface area contributed by atoms with E-state index in [4.69, 9.17) is 0 Å².